The molecule has 1 aliphatic rings. The minimum atomic E-state index is -0.405. The standard InChI is InChI=1S/C15H28N2O4/c1-11-8-17(9-12(10-18)21-11)13(19)6-5-7-16-14(20)15(2,3)4/h11-12,18H,5-10H2,1-4H3,(H,16,20). The molecule has 1 fully saturated rings. The monoisotopic (exact) mass is 300 g/mol. The van der Waals surface area contributed by atoms with Gasteiger partial charge in [-0.05, 0) is 13.3 Å². The van der Waals surface area contributed by atoms with Gasteiger partial charge in [-0.2, -0.15) is 0 Å². The Morgan fingerprint density at radius 1 is 1.33 bits per heavy atom. The van der Waals surface area contributed by atoms with Crippen molar-refractivity contribution in [3.05, 3.63) is 0 Å². The van der Waals surface area contributed by atoms with Crippen LogP contribution in [-0.4, -0.2) is 60.3 Å². The Bertz CT molecular complexity index is 365. The van der Waals surface area contributed by atoms with Crippen molar-refractivity contribution in [1.29, 1.82) is 0 Å². The Kier molecular flexibility index (Phi) is 6.61. The number of nitrogens with zero attached hydrogens (tertiary/aromatic N) is 1. The Hall–Kier alpha value is -1.14. The number of ether oxygens (including phenoxy) is 1. The summed E-state index contributed by atoms with van der Waals surface area (Å²) in [6, 6.07) is 0. The normalized spacial score (nSPS) is 23.0. The first-order valence-electron chi connectivity index (χ1n) is 7.56. The quantitative estimate of drug-likeness (QED) is 0.726. The molecule has 0 aromatic rings. The van der Waals surface area contributed by atoms with Crippen molar-refractivity contribution in [2.45, 2.75) is 52.7 Å². The molecule has 2 atom stereocenters. The first kappa shape index (κ1) is 17.9. The summed E-state index contributed by atoms with van der Waals surface area (Å²) in [5, 5.41) is 12.0. The van der Waals surface area contributed by atoms with Crippen molar-refractivity contribution in [1.82, 2.24) is 10.2 Å². The first-order valence-corrected chi connectivity index (χ1v) is 7.56. The van der Waals surface area contributed by atoms with Gasteiger partial charge in [-0.3, -0.25) is 9.59 Å². The van der Waals surface area contributed by atoms with Crippen LogP contribution in [-0.2, 0) is 14.3 Å². The van der Waals surface area contributed by atoms with Gasteiger partial charge in [-0.15, -0.1) is 0 Å². The molecule has 2 N–H and O–H groups in total. The Balaban J connectivity index is 2.29. The third-order valence-corrected chi connectivity index (χ3v) is 3.42. The molecule has 0 saturated carbocycles. The van der Waals surface area contributed by atoms with Crippen molar-refractivity contribution < 1.29 is 19.4 Å². The third kappa shape index (κ3) is 6.01. The molecule has 0 radical (unpaired) electrons. The van der Waals surface area contributed by atoms with Crippen LogP contribution >= 0.6 is 0 Å². The van der Waals surface area contributed by atoms with Gasteiger partial charge in [0, 0.05) is 31.5 Å². The summed E-state index contributed by atoms with van der Waals surface area (Å²) in [5.74, 6) is 0.0453. The number of rotatable bonds is 5. The van der Waals surface area contributed by atoms with Gasteiger partial charge in [0.2, 0.25) is 11.8 Å². The number of carbonyl (C=O) groups excluding carboxylic acids is 2. The van der Waals surface area contributed by atoms with Crippen molar-refractivity contribution >= 4 is 11.8 Å². The van der Waals surface area contributed by atoms with Crippen LogP contribution in [0.25, 0.3) is 0 Å². The van der Waals surface area contributed by atoms with E-state index in [1.165, 1.54) is 0 Å². The minimum Gasteiger partial charge on any atom is -0.394 e. The number of carbonyl (C=O) groups is 2. The second-order valence-electron chi connectivity index (χ2n) is 6.66. The van der Waals surface area contributed by atoms with Gasteiger partial charge in [0.1, 0.15) is 0 Å². The highest BCUT2D eigenvalue weighted by atomic mass is 16.5. The lowest BCUT2D eigenvalue weighted by Gasteiger charge is -2.36. The van der Waals surface area contributed by atoms with Crippen LogP contribution in [0.15, 0.2) is 0 Å². The molecular weight excluding hydrogens is 272 g/mol. The average molecular weight is 300 g/mol. The second kappa shape index (κ2) is 7.75. The predicted molar refractivity (Wildman–Crippen MR) is 79.7 cm³/mol. The van der Waals surface area contributed by atoms with Crippen LogP contribution in [0.1, 0.15) is 40.5 Å². The van der Waals surface area contributed by atoms with E-state index in [-0.39, 0.29) is 30.6 Å². The Morgan fingerprint density at radius 2 is 2.00 bits per heavy atom. The van der Waals surface area contributed by atoms with E-state index < -0.39 is 5.41 Å². The molecule has 21 heavy (non-hydrogen) atoms. The average Bonchev–Trinajstić information content (AvgIpc) is 2.41. The molecule has 0 bridgehead atoms. The lowest BCUT2D eigenvalue weighted by atomic mass is 9.96. The zero-order valence-electron chi connectivity index (χ0n) is 13.5. The second-order valence-corrected chi connectivity index (χ2v) is 6.66. The first-order chi connectivity index (χ1) is 9.74. The molecule has 6 nitrogen and oxygen atoms in total. The molecule has 6 heteroatoms. The molecule has 0 spiro atoms. The number of hydrogen-bond donors (Lipinski definition) is 2. The van der Waals surface area contributed by atoms with Gasteiger partial charge >= 0.3 is 0 Å². The Morgan fingerprint density at radius 3 is 2.57 bits per heavy atom. The lowest BCUT2D eigenvalue weighted by molar-refractivity contribution is -0.147. The van der Waals surface area contributed by atoms with E-state index >= 15 is 0 Å². The summed E-state index contributed by atoms with van der Waals surface area (Å²) >= 11 is 0. The maximum absolute atomic E-state index is 12.1. The van der Waals surface area contributed by atoms with Crippen LogP contribution in [0, 0.1) is 5.41 Å². The van der Waals surface area contributed by atoms with E-state index in [0.29, 0.717) is 32.5 Å². The summed E-state index contributed by atoms with van der Waals surface area (Å²) in [6.07, 6.45) is 0.671. The van der Waals surface area contributed by atoms with E-state index in [0.717, 1.165) is 0 Å². The summed E-state index contributed by atoms with van der Waals surface area (Å²) in [7, 11) is 0. The third-order valence-electron chi connectivity index (χ3n) is 3.42. The van der Waals surface area contributed by atoms with E-state index in [4.69, 9.17) is 9.84 Å². The zero-order valence-corrected chi connectivity index (χ0v) is 13.5. The van der Waals surface area contributed by atoms with Crippen LogP contribution in [0.2, 0.25) is 0 Å². The van der Waals surface area contributed by atoms with Crippen LogP contribution in [0.3, 0.4) is 0 Å². The highest BCUT2D eigenvalue weighted by Gasteiger charge is 2.27. The highest BCUT2D eigenvalue weighted by Crippen LogP contribution is 2.13. The van der Waals surface area contributed by atoms with E-state index in [1.54, 1.807) is 4.90 Å². The van der Waals surface area contributed by atoms with E-state index in [1.807, 2.05) is 27.7 Å². The molecule has 0 aromatic carbocycles. The number of amides is 2. The van der Waals surface area contributed by atoms with E-state index in [2.05, 4.69) is 5.32 Å². The molecule has 2 amide bonds. The van der Waals surface area contributed by atoms with Crippen LogP contribution < -0.4 is 5.32 Å². The smallest absolute Gasteiger partial charge is 0.225 e. The maximum atomic E-state index is 12.1. The summed E-state index contributed by atoms with van der Waals surface area (Å²) in [5.41, 5.74) is -0.405. The fraction of sp³-hybridized carbons (Fsp3) is 0.867. The van der Waals surface area contributed by atoms with Crippen molar-refractivity contribution in [2.24, 2.45) is 5.41 Å². The van der Waals surface area contributed by atoms with Crippen molar-refractivity contribution in [3.8, 4) is 0 Å². The largest absolute Gasteiger partial charge is 0.394 e. The van der Waals surface area contributed by atoms with Gasteiger partial charge in [0.25, 0.3) is 0 Å². The lowest BCUT2D eigenvalue weighted by Crippen LogP contribution is -2.50. The van der Waals surface area contributed by atoms with Crippen LogP contribution in [0.4, 0.5) is 0 Å². The molecule has 1 heterocycles. The van der Waals surface area contributed by atoms with Gasteiger partial charge < -0.3 is 20.1 Å². The molecule has 0 aliphatic carbocycles. The van der Waals surface area contributed by atoms with Gasteiger partial charge in [-0.1, -0.05) is 20.8 Å². The number of aliphatic hydroxyl groups excluding tert-OH is 1. The molecule has 1 aliphatic heterocycles. The topological polar surface area (TPSA) is 78.9 Å². The van der Waals surface area contributed by atoms with Crippen molar-refractivity contribution in [2.75, 3.05) is 26.2 Å². The SMILES string of the molecule is CC1CN(C(=O)CCCNC(=O)C(C)(C)C)CC(CO)O1. The zero-order chi connectivity index (χ0) is 16.0. The minimum absolute atomic E-state index is 0.00436. The van der Waals surface area contributed by atoms with Gasteiger partial charge in [0.15, 0.2) is 0 Å². The van der Waals surface area contributed by atoms with Crippen LogP contribution in [0.5, 0.6) is 0 Å². The van der Waals surface area contributed by atoms with Crippen molar-refractivity contribution in [3.63, 3.8) is 0 Å². The highest BCUT2D eigenvalue weighted by molar-refractivity contribution is 5.81. The Labute approximate surface area is 126 Å². The molecule has 1 rings (SSSR count). The number of hydrogen-bond acceptors (Lipinski definition) is 4. The summed E-state index contributed by atoms with van der Waals surface area (Å²) < 4.78 is 5.51. The molecule has 0 aromatic heterocycles. The van der Waals surface area contributed by atoms with E-state index in [9.17, 15) is 9.59 Å². The maximum Gasteiger partial charge on any atom is 0.225 e. The fourth-order valence-electron chi connectivity index (χ4n) is 2.21. The van der Waals surface area contributed by atoms with Gasteiger partial charge in [-0.25, -0.2) is 0 Å². The summed E-state index contributed by atoms with van der Waals surface area (Å²) in [4.78, 5) is 25.5. The molecular formula is C15H28N2O4. The van der Waals surface area contributed by atoms with Gasteiger partial charge in [0.05, 0.1) is 18.8 Å². The fourth-order valence-corrected chi connectivity index (χ4v) is 2.21. The molecule has 1 saturated heterocycles. The molecule has 2 unspecified atom stereocenters. The number of nitrogens with one attached hydrogen (secondary N) is 1. The predicted octanol–water partition coefficient (Wildman–Crippen LogP) is 0.537. The number of aliphatic hydroxyl groups is 1. The summed E-state index contributed by atoms with van der Waals surface area (Å²) in [6.45, 7) is 8.90. The number of morpholine rings is 1. The molecule has 122 valence electrons.